The summed E-state index contributed by atoms with van der Waals surface area (Å²) in [6.45, 7) is 2.15. The number of rotatable bonds is 3. The van der Waals surface area contributed by atoms with Crippen molar-refractivity contribution in [2.45, 2.75) is 56.3 Å². The lowest BCUT2D eigenvalue weighted by atomic mass is 9.55. The number of Topliss-reactive ketones (excluding diaryl/α,β-unsaturated/α-hetero) is 1. The molecule has 142 valence electrons. The molecule has 26 heavy (non-hydrogen) atoms. The highest BCUT2D eigenvalue weighted by Crippen LogP contribution is 2.59. The molecule has 0 heterocycles. The highest BCUT2D eigenvalue weighted by molar-refractivity contribution is 7.86. The third-order valence-electron chi connectivity index (χ3n) is 7.21. The molecule has 4 atom stereocenters. The van der Waals surface area contributed by atoms with Gasteiger partial charge < -0.3 is 4.74 Å². The molecule has 1 aromatic rings. The van der Waals surface area contributed by atoms with Gasteiger partial charge >= 0.3 is 0 Å². The van der Waals surface area contributed by atoms with E-state index in [9.17, 15) is 13.2 Å². The van der Waals surface area contributed by atoms with Gasteiger partial charge in [-0.25, -0.2) is 0 Å². The van der Waals surface area contributed by atoms with Gasteiger partial charge in [-0.1, -0.05) is 6.92 Å². The van der Waals surface area contributed by atoms with E-state index in [0.29, 0.717) is 35.7 Å². The van der Waals surface area contributed by atoms with E-state index >= 15 is 0 Å². The molecule has 0 aromatic heterocycles. The van der Waals surface area contributed by atoms with Gasteiger partial charge in [-0.3, -0.25) is 8.98 Å². The van der Waals surface area contributed by atoms with E-state index < -0.39 is 10.1 Å². The second kappa shape index (κ2) is 6.06. The minimum absolute atomic E-state index is 0.109. The van der Waals surface area contributed by atoms with Gasteiger partial charge in [0.05, 0.1) is 14.2 Å². The maximum absolute atomic E-state index is 12.4. The van der Waals surface area contributed by atoms with E-state index in [2.05, 4.69) is 6.92 Å². The van der Waals surface area contributed by atoms with Crippen LogP contribution in [0.3, 0.4) is 0 Å². The van der Waals surface area contributed by atoms with Crippen LogP contribution in [0.5, 0.6) is 5.75 Å². The first-order valence-electron chi connectivity index (χ1n) is 9.36. The van der Waals surface area contributed by atoms with Crippen LogP contribution < -0.4 is 4.74 Å². The summed E-state index contributed by atoms with van der Waals surface area (Å²) in [5, 5.41) is 0. The number of hydrogen-bond acceptors (Lipinski definition) is 5. The minimum atomic E-state index is -3.83. The monoisotopic (exact) mass is 378 g/mol. The normalized spacial score (nSPS) is 33.3. The lowest BCUT2D eigenvalue weighted by Gasteiger charge is -2.48. The Morgan fingerprint density at radius 1 is 1.12 bits per heavy atom. The topological polar surface area (TPSA) is 69.7 Å². The van der Waals surface area contributed by atoms with Crippen LogP contribution >= 0.6 is 0 Å². The Kier molecular flexibility index (Phi) is 4.19. The Morgan fingerprint density at radius 2 is 1.88 bits per heavy atom. The number of carbonyl (C=O) groups is 1. The van der Waals surface area contributed by atoms with E-state index in [1.54, 1.807) is 6.07 Å². The Balaban J connectivity index is 1.79. The number of fused-ring (bicyclic) bond motifs is 5. The van der Waals surface area contributed by atoms with Gasteiger partial charge in [0.15, 0.2) is 0 Å². The lowest BCUT2D eigenvalue weighted by Crippen LogP contribution is -2.42. The first-order chi connectivity index (χ1) is 12.3. The molecule has 5 nitrogen and oxygen atoms in total. The summed E-state index contributed by atoms with van der Waals surface area (Å²) >= 11 is 0. The summed E-state index contributed by atoms with van der Waals surface area (Å²) < 4.78 is 34.8. The smallest absolute Gasteiger partial charge is 0.300 e. The van der Waals surface area contributed by atoms with E-state index in [4.69, 9.17) is 8.92 Å². The van der Waals surface area contributed by atoms with Crippen LogP contribution in [0.1, 0.15) is 56.1 Å². The van der Waals surface area contributed by atoms with Crippen LogP contribution in [0.4, 0.5) is 0 Å². The molecule has 0 spiro atoms. The van der Waals surface area contributed by atoms with Gasteiger partial charge in [0.1, 0.15) is 16.4 Å². The molecule has 0 radical (unpaired) electrons. The van der Waals surface area contributed by atoms with Crippen LogP contribution in [-0.2, 0) is 25.5 Å². The van der Waals surface area contributed by atoms with Crippen molar-refractivity contribution < 1.29 is 22.1 Å². The van der Waals surface area contributed by atoms with Crippen molar-refractivity contribution in [3.8, 4) is 5.75 Å². The average Bonchev–Trinajstić information content (AvgIpc) is 2.95. The third kappa shape index (κ3) is 2.45. The second-order valence-corrected chi connectivity index (χ2v) is 9.84. The fraction of sp³-hybridized carbons (Fsp3) is 0.650. The summed E-state index contributed by atoms with van der Waals surface area (Å²) in [5.74, 6) is 1.97. The summed E-state index contributed by atoms with van der Waals surface area (Å²) in [4.78, 5) is 12.6. The maximum atomic E-state index is 12.4. The van der Waals surface area contributed by atoms with Crippen LogP contribution in [0, 0.1) is 17.3 Å². The molecule has 3 aliphatic carbocycles. The molecule has 2 saturated carbocycles. The Labute approximate surface area is 155 Å². The molecule has 0 unspecified atom stereocenters. The van der Waals surface area contributed by atoms with Crippen molar-refractivity contribution >= 4 is 15.9 Å². The minimum Gasteiger partial charge on any atom is -0.495 e. The summed E-state index contributed by atoms with van der Waals surface area (Å²) in [6.07, 6.45) is 5.48. The Hall–Kier alpha value is -1.40. The molecular weight excluding hydrogens is 352 g/mol. The lowest BCUT2D eigenvalue weighted by molar-refractivity contribution is -0.129. The Morgan fingerprint density at radius 3 is 2.58 bits per heavy atom. The standard InChI is InChI=1S/C20H26O5S/c1-20-9-8-13-14(16(20)6-7-19(20)21)5-4-12-10-17(24-2)18(11-15(12)13)26(22,23)25-3/h10-11,13-14,16H,4-9H2,1-3H3/t13-,14+,16-,20-/m0/s1. The molecule has 2 fully saturated rings. The highest BCUT2D eigenvalue weighted by atomic mass is 32.2. The number of carbonyl (C=O) groups excluding carboxylic acids is 1. The van der Waals surface area contributed by atoms with Gasteiger partial charge in [0, 0.05) is 11.8 Å². The zero-order valence-corrected chi connectivity index (χ0v) is 16.4. The SMILES string of the molecule is COc1cc2c(cc1S(=O)(=O)OC)[C@H]1CC[C@]3(C)C(=O)CC[C@H]3[C@@H]1CC2. The molecule has 6 heteroatoms. The van der Waals surface area contributed by atoms with E-state index in [1.807, 2.05) is 6.07 Å². The molecule has 0 saturated heterocycles. The van der Waals surface area contributed by atoms with Crippen LogP contribution in [0.15, 0.2) is 17.0 Å². The van der Waals surface area contributed by atoms with E-state index in [1.165, 1.54) is 19.8 Å². The zero-order valence-electron chi connectivity index (χ0n) is 15.6. The van der Waals surface area contributed by atoms with Crippen molar-refractivity contribution in [2.24, 2.45) is 17.3 Å². The molecule has 0 aliphatic heterocycles. The summed E-state index contributed by atoms with van der Waals surface area (Å²) in [6, 6.07) is 3.63. The second-order valence-electron chi connectivity index (χ2n) is 8.16. The van der Waals surface area contributed by atoms with E-state index in [0.717, 1.165) is 37.7 Å². The fourth-order valence-corrected chi connectivity index (χ4v) is 6.63. The average molecular weight is 378 g/mol. The molecule has 0 N–H and O–H groups in total. The zero-order chi connectivity index (χ0) is 18.7. The summed E-state index contributed by atoms with van der Waals surface area (Å²) in [7, 11) is -1.17. The number of aryl methyl sites for hydroxylation is 1. The molecule has 4 rings (SSSR count). The predicted octanol–water partition coefficient (Wildman–Crippen LogP) is 3.46. The van der Waals surface area contributed by atoms with Crippen molar-refractivity contribution in [1.82, 2.24) is 0 Å². The highest BCUT2D eigenvalue weighted by Gasteiger charge is 2.54. The largest absolute Gasteiger partial charge is 0.495 e. The molecule has 0 bridgehead atoms. The van der Waals surface area contributed by atoms with Crippen LogP contribution in [0.2, 0.25) is 0 Å². The van der Waals surface area contributed by atoms with Crippen molar-refractivity contribution in [2.75, 3.05) is 14.2 Å². The maximum Gasteiger partial charge on any atom is 0.300 e. The van der Waals surface area contributed by atoms with Crippen LogP contribution in [0.25, 0.3) is 0 Å². The summed E-state index contributed by atoms with van der Waals surface area (Å²) in [5.41, 5.74) is 2.11. The van der Waals surface area contributed by atoms with Crippen molar-refractivity contribution in [3.05, 3.63) is 23.3 Å². The predicted molar refractivity (Wildman–Crippen MR) is 96.8 cm³/mol. The van der Waals surface area contributed by atoms with Gasteiger partial charge in [-0.15, -0.1) is 0 Å². The van der Waals surface area contributed by atoms with Gasteiger partial charge in [-0.2, -0.15) is 8.42 Å². The fourth-order valence-electron chi connectivity index (χ4n) is 5.79. The van der Waals surface area contributed by atoms with Crippen molar-refractivity contribution in [3.63, 3.8) is 0 Å². The number of hydrogen-bond donors (Lipinski definition) is 0. The first kappa shape index (κ1) is 18.0. The van der Waals surface area contributed by atoms with E-state index in [-0.39, 0.29) is 10.3 Å². The number of ether oxygens (including phenoxy) is 1. The number of methoxy groups -OCH3 is 1. The third-order valence-corrected chi connectivity index (χ3v) is 8.50. The van der Waals surface area contributed by atoms with Gasteiger partial charge in [0.25, 0.3) is 10.1 Å². The molecule has 3 aliphatic rings. The number of ketones is 1. The van der Waals surface area contributed by atoms with Gasteiger partial charge in [-0.05, 0) is 73.1 Å². The van der Waals surface area contributed by atoms with Crippen LogP contribution in [-0.4, -0.2) is 28.4 Å². The van der Waals surface area contributed by atoms with Gasteiger partial charge in [0.2, 0.25) is 0 Å². The quantitative estimate of drug-likeness (QED) is 0.754. The number of benzene rings is 1. The Bertz CT molecular complexity index is 859. The molecule has 0 amide bonds. The molecular formula is C20H26O5S. The van der Waals surface area contributed by atoms with Crippen molar-refractivity contribution in [1.29, 1.82) is 0 Å². The first-order valence-corrected chi connectivity index (χ1v) is 10.8. The molecule has 1 aromatic carbocycles.